The summed E-state index contributed by atoms with van der Waals surface area (Å²) in [6.45, 7) is 12.8. The molecule has 0 atom stereocenters. The predicted octanol–water partition coefficient (Wildman–Crippen LogP) is 2.89. The Morgan fingerprint density at radius 2 is 2.00 bits per heavy atom. The van der Waals surface area contributed by atoms with Crippen LogP contribution in [0.3, 0.4) is 0 Å². The van der Waals surface area contributed by atoms with Crippen molar-refractivity contribution >= 4 is 6.21 Å². The number of rotatable bonds is 4. The molecule has 58 valence electrons. The highest BCUT2D eigenvalue weighted by atomic mass is 14.7. The number of nitrogens with zero attached hydrogens (tertiary/aromatic N) is 1. The molecule has 0 rings (SSSR count). The van der Waals surface area contributed by atoms with Crippen LogP contribution in [0.4, 0.5) is 0 Å². The number of aliphatic imine (C=N–C) groups is 1. The van der Waals surface area contributed by atoms with Gasteiger partial charge in [0.2, 0.25) is 0 Å². The Kier molecular flexibility index (Phi) is 4.74. The molecule has 0 heterocycles. The predicted molar refractivity (Wildman–Crippen MR) is 51.8 cm³/mol. The Bertz CT molecular complexity index is 219. The lowest BCUT2D eigenvalue weighted by Gasteiger charge is -1.83. The van der Waals surface area contributed by atoms with Crippen LogP contribution >= 0.6 is 0 Å². The third-order valence-corrected chi connectivity index (χ3v) is 0.932. The van der Waals surface area contributed by atoms with E-state index >= 15 is 0 Å². The summed E-state index contributed by atoms with van der Waals surface area (Å²) in [4.78, 5) is 3.95. The number of hydrogen-bond acceptors (Lipinski definition) is 1. The molecule has 0 aromatic rings. The summed E-state index contributed by atoms with van der Waals surface area (Å²) in [6, 6.07) is 0. The Hall–Kier alpha value is -1.37. The van der Waals surface area contributed by atoms with Gasteiger partial charge in [0.15, 0.2) is 0 Å². The van der Waals surface area contributed by atoms with E-state index in [-0.39, 0.29) is 0 Å². The minimum Gasteiger partial charge on any atom is -0.264 e. The van der Waals surface area contributed by atoms with E-state index < -0.39 is 0 Å². The second-order valence-corrected chi connectivity index (χ2v) is 2.22. The van der Waals surface area contributed by atoms with Gasteiger partial charge in [-0.1, -0.05) is 25.8 Å². The summed E-state index contributed by atoms with van der Waals surface area (Å²) < 4.78 is 0. The third kappa shape index (κ3) is 6.52. The lowest BCUT2D eigenvalue weighted by molar-refractivity contribution is 1.53. The van der Waals surface area contributed by atoms with Crippen LogP contribution in [-0.4, -0.2) is 6.21 Å². The molecule has 0 N–H and O–H groups in total. The summed E-state index contributed by atoms with van der Waals surface area (Å²) in [5, 5.41) is 0. The first-order valence-corrected chi connectivity index (χ1v) is 3.33. The van der Waals surface area contributed by atoms with Crippen molar-refractivity contribution in [1.82, 2.24) is 0 Å². The molecule has 0 aliphatic carbocycles. The summed E-state index contributed by atoms with van der Waals surface area (Å²) in [5.74, 6) is 0. The highest BCUT2D eigenvalue weighted by Crippen LogP contribution is 1.92. The van der Waals surface area contributed by atoms with Crippen LogP contribution in [0.5, 0.6) is 0 Å². The van der Waals surface area contributed by atoms with Gasteiger partial charge in [-0.2, -0.15) is 0 Å². The van der Waals surface area contributed by atoms with E-state index in [2.05, 4.69) is 24.7 Å². The average Bonchev–Trinajstić information content (AvgIpc) is 1.97. The van der Waals surface area contributed by atoms with Crippen LogP contribution in [0.2, 0.25) is 0 Å². The molecule has 1 nitrogen and oxygen atoms in total. The largest absolute Gasteiger partial charge is 0.264 e. The van der Waals surface area contributed by atoms with Crippen LogP contribution in [0.15, 0.2) is 54.2 Å². The number of allylic oxidation sites excluding steroid dienone is 4. The summed E-state index contributed by atoms with van der Waals surface area (Å²) in [6.07, 6.45) is 6.81. The Labute approximate surface area is 68.2 Å². The van der Waals surface area contributed by atoms with Gasteiger partial charge in [-0.3, -0.25) is 4.99 Å². The molecule has 0 saturated heterocycles. The van der Waals surface area contributed by atoms with Crippen LogP contribution in [0.25, 0.3) is 0 Å². The molecule has 0 aromatic carbocycles. The fourth-order valence-corrected chi connectivity index (χ4v) is 0.377. The zero-order valence-electron chi connectivity index (χ0n) is 6.88. The maximum Gasteiger partial charge on any atom is 0.0291 e. The molecular formula is C10H13N. The Morgan fingerprint density at radius 3 is 2.45 bits per heavy atom. The van der Waals surface area contributed by atoms with Gasteiger partial charge >= 0.3 is 0 Å². The summed E-state index contributed by atoms with van der Waals surface area (Å²) >= 11 is 0. The van der Waals surface area contributed by atoms with Crippen LogP contribution in [-0.2, 0) is 0 Å². The summed E-state index contributed by atoms with van der Waals surface area (Å²) in [5.41, 5.74) is 1.78. The zero-order chi connectivity index (χ0) is 8.69. The molecule has 0 unspecified atom stereocenters. The van der Waals surface area contributed by atoms with Gasteiger partial charge in [0.05, 0.1) is 0 Å². The van der Waals surface area contributed by atoms with E-state index in [9.17, 15) is 0 Å². The molecule has 0 radical (unpaired) electrons. The van der Waals surface area contributed by atoms with Gasteiger partial charge in [0, 0.05) is 12.4 Å². The summed E-state index contributed by atoms with van der Waals surface area (Å²) in [7, 11) is 0. The first-order chi connectivity index (χ1) is 5.16. The molecule has 0 aliphatic heterocycles. The first-order valence-electron chi connectivity index (χ1n) is 3.33. The molecule has 1 heteroatoms. The first kappa shape index (κ1) is 9.63. The van der Waals surface area contributed by atoms with Gasteiger partial charge in [-0.15, -0.1) is 0 Å². The van der Waals surface area contributed by atoms with Crippen molar-refractivity contribution in [2.45, 2.75) is 6.92 Å². The average molecular weight is 147 g/mol. The molecule has 11 heavy (non-hydrogen) atoms. The SMILES string of the molecule is C=CC(=C)/C=C\N=CC(=C)C. The fraction of sp³-hybridized carbons (Fsp3) is 0.100. The number of hydrogen-bond donors (Lipinski definition) is 0. The maximum atomic E-state index is 3.95. The standard InChI is InChI=1S/C10H13N/c1-5-10(4)6-7-11-8-9(2)3/h5-8H,1-2,4H2,3H3/b7-6-,11-8?. The quantitative estimate of drug-likeness (QED) is 0.428. The lowest BCUT2D eigenvalue weighted by Crippen LogP contribution is -1.70. The van der Waals surface area contributed by atoms with E-state index in [1.54, 1.807) is 24.6 Å². The van der Waals surface area contributed by atoms with Crippen LogP contribution in [0.1, 0.15) is 6.92 Å². The zero-order valence-corrected chi connectivity index (χ0v) is 6.88. The van der Waals surface area contributed by atoms with Gasteiger partial charge in [0.1, 0.15) is 0 Å². The highest BCUT2D eigenvalue weighted by molar-refractivity contribution is 5.77. The van der Waals surface area contributed by atoms with Gasteiger partial charge in [-0.25, -0.2) is 0 Å². The molecule has 0 aliphatic rings. The highest BCUT2D eigenvalue weighted by Gasteiger charge is 1.74. The van der Waals surface area contributed by atoms with E-state index in [0.29, 0.717) is 0 Å². The smallest absolute Gasteiger partial charge is 0.0291 e. The van der Waals surface area contributed by atoms with E-state index in [1.807, 2.05) is 6.92 Å². The molecule has 0 spiro atoms. The van der Waals surface area contributed by atoms with Crippen molar-refractivity contribution in [3.8, 4) is 0 Å². The second kappa shape index (κ2) is 5.42. The molecular weight excluding hydrogens is 134 g/mol. The van der Waals surface area contributed by atoms with Crippen LogP contribution in [0, 0.1) is 0 Å². The monoisotopic (exact) mass is 147 g/mol. The van der Waals surface area contributed by atoms with Crippen molar-refractivity contribution in [3.63, 3.8) is 0 Å². The molecule has 0 saturated carbocycles. The minimum atomic E-state index is 0.851. The second-order valence-electron chi connectivity index (χ2n) is 2.22. The van der Waals surface area contributed by atoms with Crippen molar-refractivity contribution in [1.29, 1.82) is 0 Å². The maximum absolute atomic E-state index is 3.95. The van der Waals surface area contributed by atoms with E-state index in [1.165, 1.54) is 0 Å². The Morgan fingerprint density at radius 1 is 1.36 bits per heavy atom. The van der Waals surface area contributed by atoms with Crippen molar-refractivity contribution in [3.05, 3.63) is 49.2 Å². The van der Waals surface area contributed by atoms with Crippen molar-refractivity contribution in [2.24, 2.45) is 4.99 Å². The molecule has 0 amide bonds. The normalized spacial score (nSPS) is 10.6. The van der Waals surface area contributed by atoms with Gasteiger partial charge < -0.3 is 0 Å². The molecule has 0 bridgehead atoms. The van der Waals surface area contributed by atoms with E-state index in [0.717, 1.165) is 11.1 Å². The Balaban J connectivity index is 3.86. The van der Waals surface area contributed by atoms with Gasteiger partial charge in [0.25, 0.3) is 0 Å². The van der Waals surface area contributed by atoms with E-state index in [4.69, 9.17) is 0 Å². The third-order valence-electron chi connectivity index (χ3n) is 0.932. The fourth-order valence-electron chi connectivity index (χ4n) is 0.377. The van der Waals surface area contributed by atoms with Gasteiger partial charge in [-0.05, 0) is 24.1 Å². The minimum absolute atomic E-state index is 0.851. The van der Waals surface area contributed by atoms with Crippen molar-refractivity contribution < 1.29 is 0 Å². The molecule has 0 fully saturated rings. The van der Waals surface area contributed by atoms with Crippen molar-refractivity contribution in [2.75, 3.05) is 0 Å². The topological polar surface area (TPSA) is 12.4 Å². The van der Waals surface area contributed by atoms with Crippen LogP contribution < -0.4 is 0 Å². The lowest BCUT2D eigenvalue weighted by atomic mass is 10.3. The molecule has 0 aromatic heterocycles.